The van der Waals surface area contributed by atoms with Crippen molar-refractivity contribution in [1.82, 2.24) is 20.4 Å². The van der Waals surface area contributed by atoms with Crippen molar-refractivity contribution in [2.24, 2.45) is 0 Å². The van der Waals surface area contributed by atoms with Crippen molar-refractivity contribution in [2.75, 3.05) is 0 Å². The van der Waals surface area contributed by atoms with Crippen molar-refractivity contribution in [3.63, 3.8) is 0 Å². The van der Waals surface area contributed by atoms with E-state index >= 15 is 0 Å². The molecule has 0 aliphatic carbocycles. The molecule has 0 radical (unpaired) electrons. The van der Waals surface area contributed by atoms with Crippen molar-refractivity contribution < 1.29 is 18.4 Å². The van der Waals surface area contributed by atoms with Crippen molar-refractivity contribution in [3.8, 4) is 0 Å². The fourth-order valence-corrected chi connectivity index (χ4v) is 2.20. The number of hydrogen-bond acceptors (Lipinski definition) is 6. The number of aryl methyl sites for hydroxylation is 1. The maximum absolute atomic E-state index is 12.5. The fraction of sp³-hybridized carbons (Fsp3) is 0.385. The number of nitrogens with zero attached hydrogens (tertiary/aromatic N) is 3. The molecule has 0 bridgehead atoms. The first-order valence-electron chi connectivity index (χ1n) is 6.54. The largest absolute Gasteiger partial charge is 0.466 e. The summed E-state index contributed by atoms with van der Waals surface area (Å²) in [5.41, 5.74) is -1.21. The minimum Gasteiger partial charge on any atom is -0.466 e. The maximum atomic E-state index is 12.5. The van der Waals surface area contributed by atoms with Crippen molar-refractivity contribution in [2.45, 2.75) is 32.4 Å². The number of aromatic nitrogens is 2. The lowest BCUT2D eigenvalue weighted by Crippen LogP contribution is -2.40. The van der Waals surface area contributed by atoms with Crippen LogP contribution in [0.15, 0.2) is 27.2 Å². The molecule has 0 saturated carbocycles. The molecule has 3 amide bonds. The predicted octanol–water partition coefficient (Wildman–Crippen LogP) is 1.19. The van der Waals surface area contributed by atoms with Crippen molar-refractivity contribution in [1.29, 1.82) is 0 Å². The molecule has 1 aliphatic heterocycles. The lowest BCUT2D eigenvalue weighted by atomic mass is 9.99. The molecule has 0 aromatic carbocycles. The molecule has 0 unspecified atom stereocenters. The number of carbonyl (C=O) groups is 2. The van der Waals surface area contributed by atoms with E-state index in [2.05, 4.69) is 15.5 Å². The first kappa shape index (κ1) is 13.3. The molecule has 3 rings (SSSR count). The number of hydrogen-bond donors (Lipinski definition) is 1. The molecule has 21 heavy (non-hydrogen) atoms. The first-order valence-corrected chi connectivity index (χ1v) is 6.54. The lowest BCUT2D eigenvalue weighted by molar-refractivity contribution is -0.132. The second-order valence-electron chi connectivity index (χ2n) is 4.87. The Labute approximate surface area is 120 Å². The number of urea groups is 1. The normalized spacial score (nSPS) is 21.9. The SMILES string of the molecule is CCc1nnc(CN2C(=O)N[C@](C)(c3ccco3)C2=O)o1. The number of rotatable bonds is 4. The maximum Gasteiger partial charge on any atom is 0.325 e. The van der Waals surface area contributed by atoms with Gasteiger partial charge in [0.15, 0.2) is 5.54 Å². The number of imide groups is 1. The van der Waals surface area contributed by atoms with E-state index in [9.17, 15) is 9.59 Å². The Bertz CT molecular complexity index is 678. The smallest absolute Gasteiger partial charge is 0.325 e. The van der Waals surface area contributed by atoms with Gasteiger partial charge in [-0.05, 0) is 19.1 Å². The highest BCUT2D eigenvalue weighted by Gasteiger charge is 2.51. The van der Waals surface area contributed by atoms with Gasteiger partial charge >= 0.3 is 6.03 Å². The van der Waals surface area contributed by atoms with Gasteiger partial charge < -0.3 is 14.2 Å². The minimum atomic E-state index is -1.21. The van der Waals surface area contributed by atoms with E-state index in [0.29, 0.717) is 18.1 Å². The number of carbonyl (C=O) groups excluding carboxylic acids is 2. The van der Waals surface area contributed by atoms with Gasteiger partial charge in [0.05, 0.1) is 6.26 Å². The predicted molar refractivity (Wildman–Crippen MR) is 68.8 cm³/mol. The molecular formula is C13H14N4O4. The summed E-state index contributed by atoms with van der Waals surface area (Å²) in [4.78, 5) is 25.6. The van der Waals surface area contributed by atoms with Crippen LogP contribution in [-0.2, 0) is 23.3 Å². The monoisotopic (exact) mass is 290 g/mol. The van der Waals surface area contributed by atoms with Crippen LogP contribution < -0.4 is 5.32 Å². The number of nitrogens with one attached hydrogen (secondary N) is 1. The van der Waals surface area contributed by atoms with Gasteiger partial charge in [0.25, 0.3) is 5.91 Å². The highest BCUT2D eigenvalue weighted by Crippen LogP contribution is 2.29. The second kappa shape index (κ2) is 4.72. The summed E-state index contributed by atoms with van der Waals surface area (Å²) in [6, 6.07) is 2.78. The van der Waals surface area contributed by atoms with E-state index in [-0.39, 0.29) is 12.4 Å². The van der Waals surface area contributed by atoms with Crippen molar-refractivity contribution >= 4 is 11.9 Å². The second-order valence-corrected chi connectivity index (χ2v) is 4.87. The Morgan fingerprint density at radius 3 is 2.71 bits per heavy atom. The molecule has 8 nitrogen and oxygen atoms in total. The van der Waals surface area contributed by atoms with Crippen LogP contribution in [0.3, 0.4) is 0 Å². The van der Waals surface area contributed by atoms with E-state index in [0.717, 1.165) is 4.90 Å². The summed E-state index contributed by atoms with van der Waals surface area (Å²) in [6.07, 6.45) is 2.05. The van der Waals surface area contributed by atoms with Crippen LogP contribution in [0, 0.1) is 0 Å². The summed E-state index contributed by atoms with van der Waals surface area (Å²) < 4.78 is 10.6. The van der Waals surface area contributed by atoms with Crippen LogP contribution in [0.5, 0.6) is 0 Å². The zero-order valence-electron chi connectivity index (χ0n) is 11.6. The average Bonchev–Trinajstić information content (AvgIpc) is 3.17. The Hall–Kier alpha value is -2.64. The zero-order chi connectivity index (χ0) is 15.0. The topological polar surface area (TPSA) is 101 Å². The van der Waals surface area contributed by atoms with Gasteiger partial charge in [0.2, 0.25) is 11.8 Å². The lowest BCUT2D eigenvalue weighted by Gasteiger charge is -2.18. The van der Waals surface area contributed by atoms with Gasteiger partial charge in [-0.15, -0.1) is 10.2 Å². The molecule has 1 N–H and O–H groups in total. The van der Waals surface area contributed by atoms with Gasteiger partial charge in [0.1, 0.15) is 12.3 Å². The molecule has 0 spiro atoms. The molecule has 2 aromatic rings. The van der Waals surface area contributed by atoms with Gasteiger partial charge in [0, 0.05) is 6.42 Å². The van der Waals surface area contributed by atoms with Crippen LogP contribution in [0.1, 0.15) is 31.4 Å². The Morgan fingerprint density at radius 2 is 2.10 bits per heavy atom. The van der Waals surface area contributed by atoms with E-state index in [1.54, 1.807) is 19.1 Å². The molecule has 2 aromatic heterocycles. The summed E-state index contributed by atoms with van der Waals surface area (Å²) in [5.74, 6) is 0.645. The number of furan rings is 1. The van der Waals surface area contributed by atoms with E-state index < -0.39 is 17.5 Å². The third-order valence-electron chi connectivity index (χ3n) is 3.39. The summed E-state index contributed by atoms with van der Waals surface area (Å²) >= 11 is 0. The standard InChI is InChI=1S/C13H14N4O4/c1-3-9-15-16-10(21-9)7-17-11(18)13(2,14-12(17)19)8-5-4-6-20-8/h4-6H,3,7H2,1-2H3,(H,14,19)/t13-/m1/s1. The van der Waals surface area contributed by atoms with E-state index in [1.165, 1.54) is 6.26 Å². The molecule has 3 heterocycles. The molecule has 1 aliphatic rings. The van der Waals surface area contributed by atoms with Gasteiger partial charge in [-0.3, -0.25) is 9.69 Å². The van der Waals surface area contributed by atoms with Crippen LogP contribution >= 0.6 is 0 Å². The highest BCUT2D eigenvalue weighted by molar-refractivity contribution is 6.06. The highest BCUT2D eigenvalue weighted by atomic mass is 16.4. The van der Waals surface area contributed by atoms with Gasteiger partial charge in [-0.1, -0.05) is 6.92 Å². The third-order valence-corrected chi connectivity index (χ3v) is 3.39. The molecule has 1 atom stereocenters. The summed E-state index contributed by atoms with van der Waals surface area (Å²) in [5, 5.41) is 10.3. The first-order chi connectivity index (χ1) is 10.0. The quantitative estimate of drug-likeness (QED) is 0.849. The molecule has 8 heteroatoms. The zero-order valence-corrected chi connectivity index (χ0v) is 11.6. The average molecular weight is 290 g/mol. The molecule has 1 saturated heterocycles. The molecule has 110 valence electrons. The van der Waals surface area contributed by atoms with Crippen molar-refractivity contribution in [3.05, 3.63) is 35.9 Å². The van der Waals surface area contributed by atoms with Crippen LogP contribution in [0.4, 0.5) is 4.79 Å². The third kappa shape index (κ3) is 2.08. The minimum absolute atomic E-state index is 0.0615. The summed E-state index contributed by atoms with van der Waals surface area (Å²) in [6.45, 7) is 3.41. The van der Waals surface area contributed by atoms with Gasteiger partial charge in [-0.2, -0.15) is 0 Å². The number of amides is 3. The van der Waals surface area contributed by atoms with E-state index in [4.69, 9.17) is 8.83 Å². The molecule has 1 fully saturated rings. The fourth-order valence-electron chi connectivity index (χ4n) is 2.20. The Morgan fingerprint density at radius 1 is 1.33 bits per heavy atom. The molecular weight excluding hydrogens is 276 g/mol. The van der Waals surface area contributed by atoms with Crippen LogP contribution in [0.2, 0.25) is 0 Å². The Balaban J connectivity index is 1.84. The Kier molecular flexibility index (Phi) is 3.00. The summed E-state index contributed by atoms with van der Waals surface area (Å²) in [7, 11) is 0. The van der Waals surface area contributed by atoms with Crippen LogP contribution in [0.25, 0.3) is 0 Å². The van der Waals surface area contributed by atoms with Gasteiger partial charge in [-0.25, -0.2) is 4.79 Å². The van der Waals surface area contributed by atoms with E-state index in [1.807, 2.05) is 6.92 Å². The van der Waals surface area contributed by atoms with Crippen LogP contribution in [-0.4, -0.2) is 27.0 Å².